The summed E-state index contributed by atoms with van der Waals surface area (Å²) in [4.78, 5) is 26.2. The summed E-state index contributed by atoms with van der Waals surface area (Å²) in [6.45, 7) is 5.63. The quantitative estimate of drug-likeness (QED) is 0.774. The molecule has 0 bridgehead atoms. The minimum Gasteiger partial charge on any atom is -0.444 e. The molecule has 2 amide bonds. The molecule has 1 fully saturated rings. The van der Waals surface area contributed by atoms with Crippen molar-refractivity contribution < 1.29 is 27.5 Å². The van der Waals surface area contributed by atoms with Gasteiger partial charge in [0.15, 0.2) is 0 Å². The highest BCUT2D eigenvalue weighted by atomic mass is 19.4. The van der Waals surface area contributed by atoms with E-state index in [0.29, 0.717) is 18.5 Å². The van der Waals surface area contributed by atoms with Crippen LogP contribution in [0.15, 0.2) is 18.2 Å². The number of ether oxygens (including phenoxy) is 1. The number of nitrogens with zero attached hydrogens (tertiary/aromatic N) is 1. The van der Waals surface area contributed by atoms with Gasteiger partial charge in [0.1, 0.15) is 5.60 Å². The highest BCUT2D eigenvalue weighted by molar-refractivity contribution is 6.07. The number of nitrogens with one attached hydrogen (secondary N) is 1. The Hall–Kier alpha value is -2.25. The van der Waals surface area contributed by atoms with Gasteiger partial charge in [0.05, 0.1) is 11.0 Å². The summed E-state index contributed by atoms with van der Waals surface area (Å²) >= 11 is 0. The van der Waals surface area contributed by atoms with E-state index in [2.05, 4.69) is 5.32 Å². The molecule has 0 aliphatic carbocycles. The molecule has 1 aromatic carbocycles. The number of anilines is 1. The number of benzene rings is 1. The second kappa shape index (κ2) is 5.37. The maximum atomic E-state index is 12.9. The number of rotatable bonds is 0. The first-order valence-electron chi connectivity index (χ1n) is 7.93. The van der Waals surface area contributed by atoms with Gasteiger partial charge >= 0.3 is 12.3 Å². The topological polar surface area (TPSA) is 58.6 Å². The van der Waals surface area contributed by atoms with Gasteiger partial charge < -0.3 is 15.0 Å². The lowest BCUT2D eigenvalue weighted by Crippen LogP contribution is -2.41. The molecule has 2 heterocycles. The lowest BCUT2D eigenvalue weighted by Gasteiger charge is -2.26. The van der Waals surface area contributed by atoms with E-state index in [-0.39, 0.29) is 18.1 Å². The van der Waals surface area contributed by atoms with Crippen molar-refractivity contribution in [2.75, 3.05) is 18.4 Å². The first kappa shape index (κ1) is 17.6. The monoisotopic (exact) mass is 356 g/mol. The molecular formula is C17H19F3N2O3. The Morgan fingerprint density at radius 2 is 1.96 bits per heavy atom. The van der Waals surface area contributed by atoms with Gasteiger partial charge in [0.25, 0.3) is 0 Å². The third-order valence-corrected chi connectivity index (χ3v) is 4.47. The number of amides is 2. The predicted molar refractivity (Wildman–Crippen MR) is 84.2 cm³/mol. The maximum Gasteiger partial charge on any atom is 0.416 e. The van der Waals surface area contributed by atoms with Crippen LogP contribution in [0, 0.1) is 0 Å². The van der Waals surface area contributed by atoms with Gasteiger partial charge in [-0.2, -0.15) is 13.2 Å². The summed E-state index contributed by atoms with van der Waals surface area (Å²) in [6.07, 6.45) is -4.66. The normalized spacial score (nSPS) is 23.0. The largest absolute Gasteiger partial charge is 0.444 e. The fraction of sp³-hybridized carbons (Fsp3) is 0.529. The van der Waals surface area contributed by atoms with Crippen LogP contribution >= 0.6 is 0 Å². The smallest absolute Gasteiger partial charge is 0.416 e. The zero-order chi connectivity index (χ0) is 18.6. The zero-order valence-corrected chi connectivity index (χ0v) is 14.2. The second-order valence-corrected chi connectivity index (χ2v) is 7.45. The van der Waals surface area contributed by atoms with Crippen molar-refractivity contribution in [3.05, 3.63) is 29.3 Å². The molecule has 5 nitrogen and oxygen atoms in total. The highest BCUT2D eigenvalue weighted by Crippen LogP contribution is 2.46. The van der Waals surface area contributed by atoms with Crippen molar-refractivity contribution in [1.82, 2.24) is 4.90 Å². The molecule has 0 radical (unpaired) electrons. The molecule has 1 N–H and O–H groups in total. The average molecular weight is 356 g/mol. The Labute approximate surface area is 143 Å². The molecule has 0 saturated carbocycles. The molecule has 2 aliphatic rings. The van der Waals surface area contributed by atoms with Crippen LogP contribution in [-0.4, -0.2) is 35.6 Å². The second-order valence-electron chi connectivity index (χ2n) is 7.45. The number of hydrogen-bond acceptors (Lipinski definition) is 3. The molecule has 1 atom stereocenters. The molecule has 0 unspecified atom stereocenters. The van der Waals surface area contributed by atoms with Crippen LogP contribution in [0.5, 0.6) is 0 Å². The van der Waals surface area contributed by atoms with E-state index < -0.39 is 28.8 Å². The lowest BCUT2D eigenvalue weighted by atomic mass is 9.80. The number of alkyl halides is 3. The van der Waals surface area contributed by atoms with E-state index in [4.69, 9.17) is 4.74 Å². The van der Waals surface area contributed by atoms with Gasteiger partial charge in [-0.05, 0) is 44.9 Å². The minimum atomic E-state index is -4.48. The summed E-state index contributed by atoms with van der Waals surface area (Å²) in [5, 5.41) is 2.53. The van der Waals surface area contributed by atoms with Crippen molar-refractivity contribution in [3.8, 4) is 0 Å². The highest BCUT2D eigenvalue weighted by Gasteiger charge is 2.53. The number of hydrogen-bond donors (Lipinski definition) is 1. The number of fused-ring (bicyclic) bond motifs is 2. The van der Waals surface area contributed by atoms with Crippen LogP contribution in [-0.2, 0) is 21.1 Å². The number of carbonyl (C=O) groups is 2. The van der Waals surface area contributed by atoms with E-state index in [9.17, 15) is 22.8 Å². The van der Waals surface area contributed by atoms with Crippen molar-refractivity contribution in [2.45, 2.75) is 44.4 Å². The standard InChI is InChI=1S/C17H19F3N2O3/c1-15(2,3)25-14(24)22-7-6-16(9-22)11-5-4-10(17(18,19)20)8-12(11)21-13(16)23/h4-5,8H,6-7,9H2,1-3H3,(H,21,23)/t16-/m1/s1. The Balaban J connectivity index is 1.88. The van der Waals surface area contributed by atoms with Crippen LogP contribution in [0.25, 0.3) is 0 Å². The van der Waals surface area contributed by atoms with Crippen LogP contribution < -0.4 is 5.32 Å². The SMILES string of the molecule is CC(C)(C)OC(=O)N1CC[C@]2(C1)C(=O)Nc1cc(C(F)(F)F)ccc12. The lowest BCUT2D eigenvalue weighted by molar-refractivity contribution is -0.137. The summed E-state index contributed by atoms with van der Waals surface area (Å²) in [5.41, 5.74) is -1.84. The first-order chi connectivity index (χ1) is 11.4. The molecule has 1 spiro atoms. The van der Waals surface area contributed by atoms with Gasteiger partial charge in [0.2, 0.25) is 5.91 Å². The predicted octanol–water partition coefficient (Wildman–Crippen LogP) is 3.54. The van der Waals surface area contributed by atoms with E-state index in [0.717, 1.165) is 12.1 Å². The summed E-state index contributed by atoms with van der Waals surface area (Å²) < 4.78 is 43.9. The molecule has 25 heavy (non-hydrogen) atoms. The van der Waals surface area contributed by atoms with Crippen LogP contribution in [0.4, 0.5) is 23.7 Å². The molecule has 1 saturated heterocycles. The van der Waals surface area contributed by atoms with E-state index in [1.165, 1.54) is 11.0 Å². The van der Waals surface area contributed by atoms with Crippen molar-refractivity contribution in [1.29, 1.82) is 0 Å². The van der Waals surface area contributed by atoms with Gasteiger partial charge in [0, 0.05) is 18.8 Å². The number of carbonyl (C=O) groups excluding carboxylic acids is 2. The Morgan fingerprint density at radius 1 is 1.28 bits per heavy atom. The average Bonchev–Trinajstić information content (AvgIpc) is 3.01. The zero-order valence-electron chi connectivity index (χ0n) is 14.2. The molecule has 3 rings (SSSR count). The summed E-state index contributed by atoms with van der Waals surface area (Å²) in [5.74, 6) is -0.382. The third kappa shape index (κ3) is 3.05. The fourth-order valence-corrected chi connectivity index (χ4v) is 3.30. The van der Waals surface area contributed by atoms with Crippen molar-refractivity contribution in [3.63, 3.8) is 0 Å². The van der Waals surface area contributed by atoms with E-state index >= 15 is 0 Å². The van der Waals surface area contributed by atoms with E-state index in [1.54, 1.807) is 20.8 Å². The van der Waals surface area contributed by atoms with Crippen LogP contribution in [0.3, 0.4) is 0 Å². The maximum absolute atomic E-state index is 12.9. The molecule has 0 aromatic heterocycles. The number of likely N-dealkylation sites (tertiary alicyclic amines) is 1. The van der Waals surface area contributed by atoms with Gasteiger partial charge in [-0.15, -0.1) is 0 Å². The first-order valence-corrected chi connectivity index (χ1v) is 7.93. The van der Waals surface area contributed by atoms with Crippen molar-refractivity contribution in [2.24, 2.45) is 0 Å². The molecule has 136 valence electrons. The molecule has 2 aliphatic heterocycles. The van der Waals surface area contributed by atoms with Crippen LogP contribution in [0.1, 0.15) is 38.3 Å². The fourth-order valence-electron chi connectivity index (χ4n) is 3.30. The van der Waals surface area contributed by atoms with Crippen LogP contribution in [0.2, 0.25) is 0 Å². The Kier molecular flexibility index (Phi) is 3.78. The molecule has 8 heteroatoms. The number of halogens is 3. The third-order valence-electron chi connectivity index (χ3n) is 4.47. The van der Waals surface area contributed by atoms with Crippen molar-refractivity contribution >= 4 is 17.7 Å². The molecular weight excluding hydrogens is 337 g/mol. The Morgan fingerprint density at radius 3 is 2.56 bits per heavy atom. The summed E-state index contributed by atoms with van der Waals surface area (Å²) in [6, 6.07) is 3.24. The van der Waals surface area contributed by atoms with Gasteiger partial charge in [-0.1, -0.05) is 6.07 Å². The van der Waals surface area contributed by atoms with E-state index in [1.807, 2.05) is 0 Å². The molecule has 1 aromatic rings. The Bertz CT molecular complexity index is 740. The summed E-state index contributed by atoms with van der Waals surface area (Å²) in [7, 11) is 0. The minimum absolute atomic E-state index is 0.0894. The van der Waals surface area contributed by atoms with Gasteiger partial charge in [-0.3, -0.25) is 4.79 Å². The van der Waals surface area contributed by atoms with Gasteiger partial charge in [-0.25, -0.2) is 4.79 Å².